The van der Waals surface area contributed by atoms with Gasteiger partial charge in [0, 0.05) is 17.3 Å². The van der Waals surface area contributed by atoms with Gasteiger partial charge in [0.15, 0.2) is 0 Å². The molecule has 2 unspecified atom stereocenters. The molecule has 3 saturated heterocycles. The van der Waals surface area contributed by atoms with Crippen LogP contribution in [0.25, 0.3) is 0 Å². The lowest BCUT2D eigenvalue weighted by atomic mass is 9.66. The second kappa shape index (κ2) is 10.3. The van der Waals surface area contributed by atoms with Gasteiger partial charge in [0.2, 0.25) is 17.7 Å². The maximum Gasteiger partial charge on any atom is 0.250 e. The Balaban J connectivity index is 1.55. The maximum absolute atomic E-state index is 14.3. The number of ether oxygens (including phenoxy) is 1. The first-order chi connectivity index (χ1) is 18.2. The van der Waals surface area contributed by atoms with Gasteiger partial charge in [-0.1, -0.05) is 48.9 Å². The maximum atomic E-state index is 14.3. The molecular formula is C29H34ClN3O5. The average molecular weight is 540 g/mol. The number of carbonyl (C=O) groups excluding carboxylic acids is 3. The van der Waals surface area contributed by atoms with Gasteiger partial charge in [-0.25, -0.2) is 0 Å². The molecule has 2 bridgehead atoms. The summed E-state index contributed by atoms with van der Waals surface area (Å²) in [6.45, 7) is 4.00. The molecule has 3 aliphatic heterocycles. The second-order valence-electron chi connectivity index (χ2n) is 10.8. The number of nitrogens with one attached hydrogen (secondary N) is 2. The Bertz CT molecular complexity index is 1210. The van der Waals surface area contributed by atoms with E-state index in [-0.39, 0.29) is 18.4 Å². The molecule has 3 aliphatic rings. The minimum Gasteiger partial charge on any atom is -0.394 e. The first-order valence-electron chi connectivity index (χ1n) is 13.3. The summed E-state index contributed by atoms with van der Waals surface area (Å²) in [5.41, 5.74) is -0.552. The minimum atomic E-state index is -1.17. The Hall–Kier alpha value is -2.94. The van der Waals surface area contributed by atoms with Gasteiger partial charge < -0.3 is 25.4 Å². The molecular weight excluding hydrogens is 506 g/mol. The summed E-state index contributed by atoms with van der Waals surface area (Å²) in [4.78, 5) is 43.2. The van der Waals surface area contributed by atoms with Crippen molar-refractivity contribution in [3.8, 4) is 0 Å². The third-order valence-corrected chi connectivity index (χ3v) is 8.58. The normalized spacial score (nSPS) is 30.3. The zero-order valence-electron chi connectivity index (χ0n) is 21.7. The fraction of sp³-hybridized carbons (Fsp3) is 0.483. The number of benzene rings is 2. The Morgan fingerprint density at radius 2 is 1.84 bits per heavy atom. The van der Waals surface area contributed by atoms with E-state index in [1.807, 2.05) is 44.2 Å². The van der Waals surface area contributed by atoms with Crippen LogP contribution in [-0.4, -0.2) is 64.2 Å². The molecule has 1 spiro atoms. The molecule has 3 N–H and O–H groups in total. The van der Waals surface area contributed by atoms with Gasteiger partial charge in [-0.05, 0) is 62.4 Å². The van der Waals surface area contributed by atoms with E-state index in [1.54, 1.807) is 24.3 Å². The molecule has 3 amide bonds. The van der Waals surface area contributed by atoms with Crippen LogP contribution in [0.1, 0.15) is 38.7 Å². The molecule has 0 aromatic heterocycles. The zero-order valence-corrected chi connectivity index (χ0v) is 22.4. The number of hydrogen-bond donors (Lipinski definition) is 3. The number of halogens is 1. The smallest absolute Gasteiger partial charge is 0.250 e. The van der Waals surface area contributed by atoms with Crippen molar-refractivity contribution in [2.45, 2.75) is 62.8 Å². The summed E-state index contributed by atoms with van der Waals surface area (Å²) in [7, 11) is 0. The van der Waals surface area contributed by atoms with E-state index in [1.165, 1.54) is 4.90 Å². The average Bonchev–Trinajstić information content (AvgIpc) is 3.48. The highest BCUT2D eigenvalue weighted by Gasteiger charge is 2.78. The molecule has 6 atom stereocenters. The number of aliphatic hydroxyl groups is 1. The van der Waals surface area contributed by atoms with Crippen molar-refractivity contribution in [3.63, 3.8) is 0 Å². The Kier molecular flexibility index (Phi) is 7.24. The molecule has 0 saturated carbocycles. The predicted molar refractivity (Wildman–Crippen MR) is 143 cm³/mol. The highest BCUT2D eigenvalue weighted by molar-refractivity contribution is 6.30. The van der Waals surface area contributed by atoms with E-state index in [0.29, 0.717) is 36.5 Å². The quantitative estimate of drug-likeness (QED) is 0.453. The Morgan fingerprint density at radius 3 is 2.50 bits per heavy atom. The third-order valence-electron chi connectivity index (χ3n) is 8.32. The van der Waals surface area contributed by atoms with Crippen LogP contribution in [0, 0.1) is 11.8 Å². The number of anilines is 1. The van der Waals surface area contributed by atoms with Gasteiger partial charge in [-0.15, -0.1) is 0 Å². The largest absolute Gasteiger partial charge is 0.394 e. The molecule has 8 nitrogen and oxygen atoms in total. The number of hydrogen-bond acceptors (Lipinski definition) is 5. The Labute approximate surface area is 227 Å². The molecule has 0 aliphatic carbocycles. The van der Waals surface area contributed by atoms with E-state index in [0.717, 1.165) is 12.0 Å². The van der Waals surface area contributed by atoms with Gasteiger partial charge in [0.1, 0.15) is 11.6 Å². The van der Waals surface area contributed by atoms with Crippen LogP contribution in [-0.2, 0) is 25.5 Å². The topological polar surface area (TPSA) is 108 Å². The van der Waals surface area contributed by atoms with Crippen LogP contribution >= 0.6 is 11.6 Å². The van der Waals surface area contributed by atoms with E-state index in [4.69, 9.17) is 16.3 Å². The zero-order chi connectivity index (χ0) is 27.1. The molecule has 202 valence electrons. The number of rotatable bonds is 9. The van der Waals surface area contributed by atoms with Crippen LogP contribution in [0.3, 0.4) is 0 Å². The SMILES string of the molecule is CCCNC(=O)[C@H]1[C@H]2C(=O)N([C@@H](CO)Cc3ccccc3)C(C(=O)Nc3ccc(Cl)cc3)C23CC[C@]1(C)O3. The molecule has 38 heavy (non-hydrogen) atoms. The van der Waals surface area contributed by atoms with Crippen molar-refractivity contribution in [2.24, 2.45) is 11.8 Å². The van der Waals surface area contributed by atoms with E-state index >= 15 is 0 Å². The number of carbonyl (C=O) groups is 3. The third kappa shape index (κ3) is 4.38. The van der Waals surface area contributed by atoms with E-state index in [2.05, 4.69) is 10.6 Å². The summed E-state index contributed by atoms with van der Waals surface area (Å²) in [5.74, 6) is -2.49. The van der Waals surface area contributed by atoms with Crippen molar-refractivity contribution in [1.82, 2.24) is 10.2 Å². The van der Waals surface area contributed by atoms with Gasteiger partial charge >= 0.3 is 0 Å². The lowest BCUT2D eigenvalue weighted by molar-refractivity contribution is -0.147. The van der Waals surface area contributed by atoms with Crippen molar-refractivity contribution in [3.05, 3.63) is 65.2 Å². The Morgan fingerprint density at radius 1 is 1.13 bits per heavy atom. The van der Waals surface area contributed by atoms with Crippen LogP contribution < -0.4 is 10.6 Å². The van der Waals surface area contributed by atoms with Crippen LogP contribution in [0.5, 0.6) is 0 Å². The summed E-state index contributed by atoms with van der Waals surface area (Å²) < 4.78 is 6.63. The van der Waals surface area contributed by atoms with E-state index in [9.17, 15) is 19.5 Å². The van der Waals surface area contributed by atoms with Crippen molar-refractivity contribution in [2.75, 3.05) is 18.5 Å². The summed E-state index contributed by atoms with van der Waals surface area (Å²) in [6, 6.07) is 14.6. The number of amides is 3. The van der Waals surface area contributed by atoms with E-state index < -0.39 is 41.0 Å². The highest BCUT2D eigenvalue weighted by atomic mass is 35.5. The fourth-order valence-electron chi connectivity index (χ4n) is 6.70. The number of nitrogens with zero attached hydrogens (tertiary/aromatic N) is 1. The van der Waals surface area contributed by atoms with Crippen LogP contribution in [0.15, 0.2) is 54.6 Å². The van der Waals surface area contributed by atoms with Crippen LogP contribution in [0.4, 0.5) is 5.69 Å². The summed E-state index contributed by atoms with van der Waals surface area (Å²) in [6.07, 6.45) is 2.15. The van der Waals surface area contributed by atoms with Crippen molar-refractivity contribution in [1.29, 1.82) is 0 Å². The first kappa shape index (κ1) is 26.7. The number of aliphatic hydroxyl groups excluding tert-OH is 1. The van der Waals surface area contributed by atoms with Crippen LogP contribution in [0.2, 0.25) is 5.02 Å². The van der Waals surface area contributed by atoms with Gasteiger partial charge in [-0.2, -0.15) is 0 Å². The minimum absolute atomic E-state index is 0.225. The summed E-state index contributed by atoms with van der Waals surface area (Å²) in [5, 5.41) is 16.9. The lowest BCUT2D eigenvalue weighted by Gasteiger charge is -2.37. The first-order valence-corrected chi connectivity index (χ1v) is 13.6. The standard InChI is InChI=1S/C29H34ClN3O5/c1-3-15-31-25(35)22-23-27(37)33(21(17-34)16-18-7-5-4-6-8-18)24(29(23)14-13-28(22,2)38-29)26(36)32-20-11-9-19(30)10-12-20/h4-12,21-24,34H,3,13-17H2,1-2H3,(H,31,35)(H,32,36)/t21-,22-,23+,24?,28+,29?/m1/s1. The number of fused-ring (bicyclic) bond motifs is 1. The predicted octanol–water partition coefficient (Wildman–Crippen LogP) is 3.17. The molecule has 0 radical (unpaired) electrons. The monoisotopic (exact) mass is 539 g/mol. The van der Waals surface area contributed by atoms with Gasteiger partial charge in [-0.3, -0.25) is 14.4 Å². The van der Waals surface area contributed by atoms with Crippen molar-refractivity contribution >= 4 is 35.0 Å². The number of likely N-dealkylation sites (tertiary alicyclic amines) is 1. The molecule has 2 aromatic carbocycles. The molecule has 3 fully saturated rings. The van der Waals surface area contributed by atoms with Crippen molar-refractivity contribution < 1.29 is 24.2 Å². The molecule has 5 rings (SSSR count). The lowest BCUT2D eigenvalue weighted by Crippen LogP contribution is -2.57. The molecule has 9 heteroatoms. The highest BCUT2D eigenvalue weighted by Crippen LogP contribution is 2.63. The molecule has 2 aromatic rings. The van der Waals surface area contributed by atoms with Gasteiger partial charge in [0.05, 0.1) is 30.1 Å². The second-order valence-corrected chi connectivity index (χ2v) is 11.2. The molecule has 3 heterocycles. The summed E-state index contributed by atoms with van der Waals surface area (Å²) >= 11 is 6.02. The fourth-order valence-corrected chi connectivity index (χ4v) is 6.82. The van der Waals surface area contributed by atoms with Gasteiger partial charge in [0.25, 0.3) is 0 Å².